The van der Waals surface area contributed by atoms with Crippen LogP contribution in [0.1, 0.15) is 27.2 Å². The first kappa shape index (κ1) is 15.9. The van der Waals surface area contributed by atoms with Crippen molar-refractivity contribution in [1.29, 1.82) is 0 Å². The van der Waals surface area contributed by atoms with Crippen LogP contribution in [0.25, 0.3) is 0 Å². The van der Waals surface area contributed by atoms with E-state index in [-0.39, 0.29) is 5.91 Å². The Morgan fingerprint density at radius 1 is 0.833 bits per heavy atom. The summed E-state index contributed by atoms with van der Waals surface area (Å²) in [5.74, 6) is -0.0516. The molecular weight excluding hydrogens is 296 g/mol. The first-order valence-electron chi connectivity index (χ1n) is 8.13. The number of carbonyl (C=O) groups is 1. The van der Waals surface area contributed by atoms with E-state index in [2.05, 4.69) is 22.4 Å². The Bertz CT molecular complexity index is 785. The summed E-state index contributed by atoms with van der Waals surface area (Å²) in [6.07, 6.45) is 3.50. The van der Waals surface area contributed by atoms with Gasteiger partial charge in [-0.15, -0.1) is 0 Å². The van der Waals surface area contributed by atoms with Crippen LogP contribution in [-0.4, -0.2) is 10.9 Å². The molecular formula is C21H20N2O. The van der Waals surface area contributed by atoms with E-state index in [4.69, 9.17) is 0 Å². The molecule has 0 aliphatic rings. The summed E-state index contributed by atoms with van der Waals surface area (Å²) >= 11 is 0. The molecule has 3 aromatic rings. The molecule has 0 atom stereocenters. The highest BCUT2D eigenvalue weighted by Crippen LogP contribution is 2.13. The predicted octanol–water partition coefficient (Wildman–Crippen LogP) is 3.80. The van der Waals surface area contributed by atoms with Gasteiger partial charge in [0, 0.05) is 11.8 Å². The molecule has 3 heteroatoms. The smallest absolute Gasteiger partial charge is 0.251 e. The SMILES string of the molecule is O=C(NCc1ccccn1)c1ccccc1CCc1ccccc1. The monoisotopic (exact) mass is 316 g/mol. The van der Waals surface area contributed by atoms with Crippen molar-refractivity contribution in [2.24, 2.45) is 0 Å². The van der Waals surface area contributed by atoms with Crippen molar-refractivity contribution in [1.82, 2.24) is 10.3 Å². The fourth-order valence-corrected chi connectivity index (χ4v) is 2.65. The van der Waals surface area contributed by atoms with Gasteiger partial charge in [0.1, 0.15) is 0 Å². The van der Waals surface area contributed by atoms with E-state index >= 15 is 0 Å². The van der Waals surface area contributed by atoms with Crippen LogP contribution in [0.4, 0.5) is 0 Å². The Labute approximate surface area is 142 Å². The third-order valence-electron chi connectivity index (χ3n) is 3.94. The van der Waals surface area contributed by atoms with Gasteiger partial charge in [0.25, 0.3) is 5.91 Å². The largest absolute Gasteiger partial charge is 0.346 e. The highest BCUT2D eigenvalue weighted by atomic mass is 16.1. The van der Waals surface area contributed by atoms with Gasteiger partial charge in [-0.05, 0) is 42.2 Å². The molecule has 0 saturated carbocycles. The summed E-state index contributed by atoms with van der Waals surface area (Å²) in [7, 11) is 0. The lowest BCUT2D eigenvalue weighted by molar-refractivity contribution is 0.0949. The lowest BCUT2D eigenvalue weighted by atomic mass is 9.99. The van der Waals surface area contributed by atoms with E-state index in [0.29, 0.717) is 6.54 Å². The average Bonchev–Trinajstić information content (AvgIpc) is 2.66. The number of pyridine rings is 1. The zero-order valence-corrected chi connectivity index (χ0v) is 13.5. The lowest BCUT2D eigenvalue weighted by Gasteiger charge is -2.10. The number of benzene rings is 2. The van der Waals surface area contributed by atoms with Crippen molar-refractivity contribution in [3.05, 3.63) is 101 Å². The molecule has 3 rings (SSSR count). The van der Waals surface area contributed by atoms with E-state index in [0.717, 1.165) is 29.7 Å². The highest BCUT2D eigenvalue weighted by molar-refractivity contribution is 5.95. The maximum Gasteiger partial charge on any atom is 0.251 e. The standard InChI is InChI=1S/C21H20N2O/c24-21(23-16-19-11-6-7-15-22-19)20-12-5-4-10-18(20)14-13-17-8-2-1-3-9-17/h1-12,15H,13-14,16H2,(H,23,24). The minimum absolute atomic E-state index is 0.0516. The fraction of sp³-hybridized carbons (Fsp3) is 0.143. The van der Waals surface area contributed by atoms with E-state index in [1.54, 1.807) is 6.20 Å². The van der Waals surface area contributed by atoms with Crippen LogP contribution in [0.3, 0.4) is 0 Å². The van der Waals surface area contributed by atoms with Gasteiger partial charge in [0.15, 0.2) is 0 Å². The Hall–Kier alpha value is -2.94. The lowest BCUT2D eigenvalue weighted by Crippen LogP contribution is -2.24. The van der Waals surface area contributed by atoms with Crippen molar-refractivity contribution in [2.75, 3.05) is 0 Å². The molecule has 0 bridgehead atoms. The summed E-state index contributed by atoms with van der Waals surface area (Å²) < 4.78 is 0. The van der Waals surface area contributed by atoms with Gasteiger partial charge in [-0.3, -0.25) is 9.78 Å². The van der Waals surface area contributed by atoms with Gasteiger partial charge in [0.2, 0.25) is 0 Å². The minimum atomic E-state index is -0.0516. The third kappa shape index (κ3) is 4.29. The number of aromatic nitrogens is 1. The van der Waals surface area contributed by atoms with Crippen LogP contribution < -0.4 is 5.32 Å². The highest BCUT2D eigenvalue weighted by Gasteiger charge is 2.10. The van der Waals surface area contributed by atoms with Gasteiger partial charge in [-0.1, -0.05) is 54.6 Å². The molecule has 3 nitrogen and oxygen atoms in total. The third-order valence-corrected chi connectivity index (χ3v) is 3.94. The Balaban J connectivity index is 1.65. The number of hydrogen-bond donors (Lipinski definition) is 1. The summed E-state index contributed by atoms with van der Waals surface area (Å²) in [5.41, 5.74) is 3.94. The molecule has 0 unspecified atom stereocenters. The first-order valence-corrected chi connectivity index (χ1v) is 8.13. The molecule has 2 aromatic carbocycles. The van der Waals surface area contributed by atoms with Gasteiger partial charge in [0.05, 0.1) is 12.2 Å². The van der Waals surface area contributed by atoms with Crippen LogP contribution in [0.2, 0.25) is 0 Å². The summed E-state index contributed by atoms with van der Waals surface area (Å²) in [4.78, 5) is 16.7. The van der Waals surface area contributed by atoms with Crippen LogP contribution in [0, 0.1) is 0 Å². The molecule has 0 aliphatic carbocycles. The molecule has 0 saturated heterocycles. The fourth-order valence-electron chi connectivity index (χ4n) is 2.65. The number of amides is 1. The summed E-state index contributed by atoms with van der Waals surface area (Å²) in [6.45, 7) is 0.437. The zero-order valence-electron chi connectivity index (χ0n) is 13.5. The van der Waals surface area contributed by atoms with Crippen molar-refractivity contribution in [3.63, 3.8) is 0 Å². The number of rotatable bonds is 6. The van der Waals surface area contributed by atoms with Gasteiger partial charge < -0.3 is 5.32 Å². The molecule has 0 spiro atoms. The van der Waals surface area contributed by atoms with Crippen molar-refractivity contribution in [2.45, 2.75) is 19.4 Å². The number of aryl methyl sites for hydroxylation is 2. The zero-order chi connectivity index (χ0) is 16.6. The molecule has 1 amide bonds. The molecule has 1 N–H and O–H groups in total. The van der Waals surface area contributed by atoms with Crippen molar-refractivity contribution in [3.8, 4) is 0 Å². The maximum atomic E-state index is 12.5. The Morgan fingerprint density at radius 2 is 1.58 bits per heavy atom. The van der Waals surface area contributed by atoms with Crippen molar-refractivity contribution < 1.29 is 4.79 Å². The molecule has 24 heavy (non-hydrogen) atoms. The summed E-state index contributed by atoms with van der Waals surface area (Å²) in [5, 5.41) is 2.95. The number of nitrogens with one attached hydrogen (secondary N) is 1. The van der Waals surface area contributed by atoms with Crippen LogP contribution in [-0.2, 0) is 19.4 Å². The quantitative estimate of drug-likeness (QED) is 0.751. The first-order chi connectivity index (χ1) is 11.8. The number of nitrogens with zero attached hydrogens (tertiary/aromatic N) is 1. The van der Waals surface area contributed by atoms with Gasteiger partial charge in [-0.25, -0.2) is 0 Å². The Morgan fingerprint density at radius 3 is 2.38 bits per heavy atom. The van der Waals surface area contributed by atoms with E-state index in [1.807, 2.05) is 60.7 Å². The molecule has 0 aliphatic heterocycles. The second-order valence-electron chi connectivity index (χ2n) is 5.65. The average molecular weight is 316 g/mol. The summed E-state index contributed by atoms with van der Waals surface area (Å²) in [6, 6.07) is 23.8. The number of hydrogen-bond acceptors (Lipinski definition) is 2. The van der Waals surface area contributed by atoms with E-state index < -0.39 is 0 Å². The minimum Gasteiger partial charge on any atom is -0.346 e. The second kappa shape index (κ2) is 8.06. The molecule has 120 valence electrons. The van der Waals surface area contributed by atoms with Gasteiger partial charge >= 0.3 is 0 Å². The topological polar surface area (TPSA) is 42.0 Å². The van der Waals surface area contributed by atoms with Crippen LogP contribution in [0.15, 0.2) is 79.0 Å². The maximum absolute atomic E-state index is 12.5. The van der Waals surface area contributed by atoms with Crippen LogP contribution >= 0.6 is 0 Å². The molecule has 1 heterocycles. The van der Waals surface area contributed by atoms with E-state index in [9.17, 15) is 4.79 Å². The predicted molar refractivity (Wildman–Crippen MR) is 95.7 cm³/mol. The second-order valence-corrected chi connectivity index (χ2v) is 5.65. The number of carbonyl (C=O) groups excluding carboxylic acids is 1. The van der Waals surface area contributed by atoms with Gasteiger partial charge in [-0.2, -0.15) is 0 Å². The van der Waals surface area contributed by atoms with Crippen molar-refractivity contribution >= 4 is 5.91 Å². The molecule has 0 fully saturated rings. The Kier molecular flexibility index (Phi) is 5.36. The molecule has 1 aromatic heterocycles. The van der Waals surface area contributed by atoms with E-state index in [1.165, 1.54) is 5.56 Å². The molecule has 0 radical (unpaired) electrons. The normalized spacial score (nSPS) is 10.3. The van der Waals surface area contributed by atoms with Crippen LogP contribution in [0.5, 0.6) is 0 Å².